The van der Waals surface area contributed by atoms with Crippen LogP contribution in [0.25, 0.3) is 10.9 Å². The molecule has 11 heteroatoms. The Morgan fingerprint density at radius 2 is 1.86 bits per heavy atom. The van der Waals surface area contributed by atoms with Gasteiger partial charge in [-0.1, -0.05) is 32.0 Å². The van der Waals surface area contributed by atoms with Crippen molar-refractivity contribution < 1.29 is 19.1 Å². The van der Waals surface area contributed by atoms with E-state index in [1.54, 1.807) is 0 Å². The number of amides is 3. The summed E-state index contributed by atoms with van der Waals surface area (Å²) >= 11 is 0. The monoisotopic (exact) mass is 577 g/mol. The minimum absolute atomic E-state index is 0.0723. The average molecular weight is 578 g/mol. The molecule has 0 saturated carbocycles. The second-order valence-corrected chi connectivity index (χ2v) is 11.9. The molecule has 2 aromatic heterocycles. The molecule has 11 nitrogen and oxygen atoms in total. The molecular formula is C31H43N7O4. The summed E-state index contributed by atoms with van der Waals surface area (Å²) in [5.74, 6) is 1.13. The lowest BCUT2D eigenvalue weighted by Gasteiger charge is -2.30. The summed E-state index contributed by atoms with van der Waals surface area (Å²) in [7, 11) is 0. The number of rotatable bonds is 5. The van der Waals surface area contributed by atoms with Crippen molar-refractivity contribution in [2.75, 3.05) is 26.3 Å². The summed E-state index contributed by atoms with van der Waals surface area (Å²) in [6, 6.07) is 6.76. The van der Waals surface area contributed by atoms with Crippen molar-refractivity contribution in [2.45, 2.75) is 77.9 Å². The lowest BCUT2D eigenvalue weighted by atomic mass is 9.98. The number of fused-ring (bicyclic) bond motifs is 2. The molecule has 2 aliphatic heterocycles. The van der Waals surface area contributed by atoms with E-state index >= 15 is 0 Å². The van der Waals surface area contributed by atoms with Gasteiger partial charge in [-0.3, -0.25) is 14.4 Å². The Labute approximate surface area is 246 Å². The van der Waals surface area contributed by atoms with Crippen LogP contribution in [-0.4, -0.2) is 74.7 Å². The largest absolute Gasteiger partial charge is 0.381 e. The lowest BCUT2D eigenvalue weighted by molar-refractivity contribution is -0.139. The van der Waals surface area contributed by atoms with Gasteiger partial charge in [0.1, 0.15) is 17.7 Å². The maximum Gasteiger partial charge on any atom is 0.243 e. The van der Waals surface area contributed by atoms with Crippen molar-refractivity contribution in [1.29, 1.82) is 0 Å². The zero-order chi connectivity index (χ0) is 29.6. The molecule has 226 valence electrons. The Balaban J connectivity index is 1.44. The third kappa shape index (κ3) is 7.18. The minimum atomic E-state index is -0.772. The van der Waals surface area contributed by atoms with Gasteiger partial charge in [-0.05, 0) is 50.2 Å². The van der Waals surface area contributed by atoms with E-state index in [4.69, 9.17) is 9.72 Å². The van der Waals surface area contributed by atoms with Gasteiger partial charge < -0.3 is 25.3 Å². The van der Waals surface area contributed by atoms with Crippen molar-refractivity contribution in [2.24, 2.45) is 11.8 Å². The Kier molecular flexibility index (Phi) is 9.56. The quantitative estimate of drug-likeness (QED) is 0.427. The number of aryl methyl sites for hydroxylation is 1. The Morgan fingerprint density at radius 1 is 1.07 bits per heavy atom. The Morgan fingerprint density at radius 3 is 2.64 bits per heavy atom. The Hall–Kier alpha value is -3.73. The highest BCUT2D eigenvalue weighted by Gasteiger charge is 2.31. The molecule has 0 unspecified atom stereocenters. The van der Waals surface area contributed by atoms with Crippen LogP contribution in [0.3, 0.4) is 0 Å². The van der Waals surface area contributed by atoms with Crippen molar-refractivity contribution in [3.63, 3.8) is 0 Å². The van der Waals surface area contributed by atoms with Gasteiger partial charge in [-0.25, -0.2) is 9.67 Å². The van der Waals surface area contributed by atoms with Gasteiger partial charge in [-0.2, -0.15) is 5.10 Å². The first kappa shape index (κ1) is 29.8. The molecule has 5 rings (SSSR count). The molecule has 1 fully saturated rings. The highest BCUT2D eigenvalue weighted by molar-refractivity contribution is 5.90. The number of ether oxygens (including phenoxy) is 1. The van der Waals surface area contributed by atoms with Crippen molar-refractivity contribution in [3.05, 3.63) is 47.7 Å². The van der Waals surface area contributed by atoms with E-state index in [2.05, 4.69) is 34.6 Å². The summed E-state index contributed by atoms with van der Waals surface area (Å²) in [5.41, 5.74) is 1.94. The van der Waals surface area contributed by atoms with Crippen LogP contribution in [-0.2, 0) is 32.1 Å². The van der Waals surface area contributed by atoms with Crippen LogP contribution in [0.2, 0.25) is 0 Å². The maximum absolute atomic E-state index is 13.9. The molecule has 42 heavy (non-hydrogen) atoms. The smallest absolute Gasteiger partial charge is 0.243 e. The molecule has 3 amide bonds. The van der Waals surface area contributed by atoms with Gasteiger partial charge in [0, 0.05) is 62.2 Å². The first-order valence-corrected chi connectivity index (χ1v) is 15.2. The molecular weight excluding hydrogens is 534 g/mol. The fourth-order valence-electron chi connectivity index (χ4n) is 6.04. The maximum atomic E-state index is 13.9. The third-order valence-electron chi connectivity index (χ3n) is 8.19. The standard InChI is InChI=1S/C31H43N7O4/c1-20(2)17-26-29-33-21(3)36-38(29)14-13-37(31(41)22-10-15-42-16-11-22)12-6-9-28(39)34-27(30(40)35-26)18-23-19-32-25-8-5-4-7-24(23)25/h4-5,7-8,19-20,22,26-27,32H,6,9-18H2,1-3H3,(H,34,39)(H,35,40)/t26-,27+/m0/s1. The fourth-order valence-corrected chi connectivity index (χ4v) is 6.04. The first-order chi connectivity index (χ1) is 20.3. The molecule has 4 heterocycles. The van der Waals surface area contributed by atoms with E-state index < -0.39 is 12.1 Å². The topological polar surface area (TPSA) is 134 Å². The number of hydrogen-bond donors (Lipinski definition) is 3. The molecule has 1 saturated heterocycles. The highest BCUT2D eigenvalue weighted by Crippen LogP contribution is 2.24. The van der Waals surface area contributed by atoms with Gasteiger partial charge in [0.25, 0.3) is 0 Å². The second kappa shape index (κ2) is 13.5. The van der Waals surface area contributed by atoms with E-state index in [-0.39, 0.29) is 36.0 Å². The number of aromatic amines is 1. The van der Waals surface area contributed by atoms with Crippen LogP contribution in [0.5, 0.6) is 0 Å². The lowest BCUT2D eigenvalue weighted by Crippen LogP contribution is -2.49. The number of carbonyl (C=O) groups excluding carboxylic acids is 3. The summed E-state index contributed by atoms with van der Waals surface area (Å²) < 4.78 is 7.32. The summed E-state index contributed by atoms with van der Waals surface area (Å²) in [6.45, 7) is 8.60. The van der Waals surface area contributed by atoms with Crippen LogP contribution >= 0.6 is 0 Å². The van der Waals surface area contributed by atoms with Gasteiger partial charge in [0.2, 0.25) is 17.7 Å². The number of nitrogens with zero attached hydrogens (tertiary/aromatic N) is 4. The van der Waals surface area contributed by atoms with E-state index in [9.17, 15) is 14.4 Å². The molecule has 0 aliphatic carbocycles. The summed E-state index contributed by atoms with van der Waals surface area (Å²) in [5, 5.41) is 11.9. The second-order valence-electron chi connectivity index (χ2n) is 11.9. The number of nitrogens with one attached hydrogen (secondary N) is 3. The van der Waals surface area contributed by atoms with Crippen LogP contribution in [0.4, 0.5) is 0 Å². The average Bonchev–Trinajstić information content (AvgIpc) is 3.56. The van der Waals surface area contributed by atoms with Crippen molar-refractivity contribution in [3.8, 4) is 0 Å². The molecule has 2 atom stereocenters. The summed E-state index contributed by atoms with van der Waals surface area (Å²) in [6.07, 6.45) is 5.04. The van der Waals surface area contributed by atoms with E-state index in [0.717, 1.165) is 16.5 Å². The van der Waals surface area contributed by atoms with E-state index in [1.807, 2.05) is 47.0 Å². The number of para-hydroxylation sites is 1. The molecule has 3 aromatic rings. The Bertz CT molecular complexity index is 1390. The van der Waals surface area contributed by atoms with Gasteiger partial charge in [0.05, 0.1) is 12.6 Å². The normalized spacial score (nSPS) is 21.6. The predicted octanol–water partition coefficient (Wildman–Crippen LogP) is 3.05. The highest BCUT2D eigenvalue weighted by atomic mass is 16.5. The van der Waals surface area contributed by atoms with Gasteiger partial charge in [-0.15, -0.1) is 0 Å². The van der Waals surface area contributed by atoms with Crippen LogP contribution < -0.4 is 10.6 Å². The zero-order valence-electron chi connectivity index (χ0n) is 24.9. The number of aromatic nitrogens is 4. The van der Waals surface area contributed by atoms with Gasteiger partial charge in [0.15, 0.2) is 0 Å². The summed E-state index contributed by atoms with van der Waals surface area (Å²) in [4.78, 5) is 50.5. The third-order valence-corrected chi connectivity index (χ3v) is 8.19. The van der Waals surface area contributed by atoms with Crippen LogP contribution in [0.15, 0.2) is 30.5 Å². The van der Waals surface area contributed by atoms with Crippen molar-refractivity contribution >= 4 is 28.6 Å². The number of hydrogen-bond acceptors (Lipinski definition) is 6. The van der Waals surface area contributed by atoms with E-state index in [0.29, 0.717) is 76.6 Å². The fraction of sp³-hybridized carbons (Fsp3) is 0.581. The van der Waals surface area contributed by atoms with Crippen LogP contribution in [0, 0.1) is 18.8 Å². The number of carbonyl (C=O) groups is 3. The van der Waals surface area contributed by atoms with E-state index in [1.165, 1.54) is 0 Å². The van der Waals surface area contributed by atoms with Crippen LogP contribution in [0.1, 0.15) is 69.2 Å². The predicted molar refractivity (Wildman–Crippen MR) is 158 cm³/mol. The SMILES string of the molecule is Cc1nc2n(n1)CCN(C(=O)C1CCOCC1)CCCC(=O)N[C@H](Cc1c[nH]c3ccccc13)C(=O)N[C@H]2CC(C)C. The number of benzene rings is 1. The first-order valence-electron chi connectivity index (χ1n) is 15.2. The number of H-pyrrole nitrogens is 1. The van der Waals surface area contributed by atoms with Gasteiger partial charge >= 0.3 is 0 Å². The van der Waals surface area contributed by atoms with Crippen molar-refractivity contribution in [1.82, 2.24) is 35.3 Å². The molecule has 3 N–H and O–H groups in total. The molecule has 0 spiro atoms. The zero-order valence-corrected chi connectivity index (χ0v) is 24.9. The molecule has 1 aromatic carbocycles. The molecule has 0 bridgehead atoms. The molecule has 2 aliphatic rings. The molecule has 0 radical (unpaired) electrons. The minimum Gasteiger partial charge on any atom is -0.381 e.